The third-order valence-corrected chi connectivity index (χ3v) is 5.36. The molecule has 0 atom stereocenters. The molecule has 1 aromatic carbocycles. The van der Waals surface area contributed by atoms with Gasteiger partial charge in [-0.2, -0.15) is 0 Å². The third-order valence-electron chi connectivity index (χ3n) is 5.36. The number of guanidine groups is 1. The summed E-state index contributed by atoms with van der Waals surface area (Å²) in [4.78, 5) is 6.76. The van der Waals surface area contributed by atoms with Crippen molar-refractivity contribution in [3.8, 4) is 0 Å². The summed E-state index contributed by atoms with van der Waals surface area (Å²) in [5.41, 5.74) is 2.59. The number of nitrogens with zero attached hydrogens (tertiary/aromatic N) is 2. The Balaban J connectivity index is 1.71. The third kappa shape index (κ3) is 7.79. The topological polar surface area (TPSA) is 48.9 Å². The fourth-order valence-electron chi connectivity index (χ4n) is 3.61. The number of aliphatic imine (C=N–C) groups is 1. The van der Waals surface area contributed by atoms with Gasteiger partial charge in [0, 0.05) is 52.1 Å². The van der Waals surface area contributed by atoms with Gasteiger partial charge in [0.05, 0.1) is 0 Å². The van der Waals surface area contributed by atoms with Crippen molar-refractivity contribution >= 4 is 11.6 Å². The van der Waals surface area contributed by atoms with Crippen molar-refractivity contribution in [1.82, 2.24) is 10.6 Å². The Hall–Kier alpha value is -1.75. The molecule has 0 amide bonds. The van der Waals surface area contributed by atoms with Crippen molar-refractivity contribution in [3.63, 3.8) is 0 Å². The predicted octanol–water partition coefficient (Wildman–Crippen LogP) is 3.94. The van der Waals surface area contributed by atoms with Crippen LogP contribution in [0.15, 0.2) is 29.3 Å². The van der Waals surface area contributed by atoms with Crippen molar-refractivity contribution in [2.45, 2.75) is 64.5 Å². The van der Waals surface area contributed by atoms with Crippen molar-refractivity contribution in [1.29, 1.82) is 0 Å². The highest BCUT2D eigenvalue weighted by molar-refractivity contribution is 5.79. The molecule has 0 aliphatic heterocycles. The monoisotopic (exact) mass is 374 g/mol. The van der Waals surface area contributed by atoms with Gasteiger partial charge in [0.1, 0.15) is 0 Å². The SMILES string of the molecule is CCOCCCCNC(=NC)NCc1ccc(N(C)C2CCCCC2)cc1. The fraction of sp³-hybridized carbons (Fsp3) is 0.682. The molecule has 5 nitrogen and oxygen atoms in total. The van der Waals surface area contributed by atoms with E-state index in [1.54, 1.807) is 0 Å². The number of unbranched alkanes of at least 4 members (excludes halogenated alkanes) is 1. The van der Waals surface area contributed by atoms with Crippen molar-refractivity contribution in [2.75, 3.05) is 38.8 Å². The highest BCUT2D eigenvalue weighted by Crippen LogP contribution is 2.26. The fourth-order valence-corrected chi connectivity index (χ4v) is 3.61. The second kappa shape index (κ2) is 12.6. The van der Waals surface area contributed by atoms with Gasteiger partial charge in [-0.3, -0.25) is 4.99 Å². The maximum atomic E-state index is 5.36. The van der Waals surface area contributed by atoms with E-state index in [4.69, 9.17) is 4.74 Å². The molecule has 1 fully saturated rings. The zero-order chi connectivity index (χ0) is 19.3. The number of benzene rings is 1. The van der Waals surface area contributed by atoms with Crippen LogP contribution in [-0.2, 0) is 11.3 Å². The zero-order valence-electron chi connectivity index (χ0n) is 17.5. The first kappa shape index (κ1) is 21.5. The lowest BCUT2D eigenvalue weighted by Gasteiger charge is -2.33. The van der Waals surface area contributed by atoms with E-state index in [2.05, 4.69) is 51.8 Å². The Morgan fingerprint density at radius 2 is 1.85 bits per heavy atom. The lowest BCUT2D eigenvalue weighted by Crippen LogP contribution is -2.37. The highest BCUT2D eigenvalue weighted by atomic mass is 16.5. The normalized spacial score (nSPS) is 15.6. The Morgan fingerprint density at radius 1 is 1.11 bits per heavy atom. The number of nitrogens with one attached hydrogen (secondary N) is 2. The molecule has 0 spiro atoms. The van der Waals surface area contributed by atoms with Crippen LogP contribution in [0.3, 0.4) is 0 Å². The van der Waals surface area contributed by atoms with Crippen LogP contribution in [0.1, 0.15) is 57.4 Å². The summed E-state index contributed by atoms with van der Waals surface area (Å²) < 4.78 is 5.36. The second-order valence-electron chi connectivity index (χ2n) is 7.33. The molecule has 0 heterocycles. The van der Waals surface area contributed by atoms with E-state index in [9.17, 15) is 0 Å². The molecular weight excluding hydrogens is 336 g/mol. The van der Waals surface area contributed by atoms with Crippen LogP contribution >= 0.6 is 0 Å². The Labute approximate surface area is 165 Å². The summed E-state index contributed by atoms with van der Waals surface area (Å²) in [5, 5.41) is 6.76. The van der Waals surface area contributed by atoms with Crippen molar-refractivity contribution in [2.24, 2.45) is 4.99 Å². The molecule has 0 bridgehead atoms. The summed E-state index contributed by atoms with van der Waals surface area (Å²) in [7, 11) is 4.05. The molecule has 0 radical (unpaired) electrons. The summed E-state index contributed by atoms with van der Waals surface area (Å²) in [6, 6.07) is 9.63. The first-order valence-corrected chi connectivity index (χ1v) is 10.6. The summed E-state index contributed by atoms with van der Waals surface area (Å²) in [5.74, 6) is 0.856. The standard InChI is InChI=1S/C22H38N4O/c1-4-27-17-9-8-16-24-22(23-2)25-18-19-12-14-21(15-13-19)26(3)20-10-6-5-7-11-20/h12-15,20H,4-11,16-18H2,1-3H3,(H2,23,24,25). The molecule has 27 heavy (non-hydrogen) atoms. The number of hydrogen-bond donors (Lipinski definition) is 2. The van der Waals surface area contributed by atoms with Gasteiger partial charge in [-0.15, -0.1) is 0 Å². The second-order valence-corrected chi connectivity index (χ2v) is 7.33. The average Bonchev–Trinajstić information content (AvgIpc) is 2.73. The molecule has 0 unspecified atom stereocenters. The minimum absolute atomic E-state index is 0.702. The molecule has 0 saturated heterocycles. The van der Waals surface area contributed by atoms with E-state index >= 15 is 0 Å². The molecule has 1 saturated carbocycles. The van der Waals surface area contributed by atoms with E-state index in [0.717, 1.165) is 45.1 Å². The Morgan fingerprint density at radius 3 is 2.52 bits per heavy atom. The van der Waals surface area contributed by atoms with Crippen molar-refractivity contribution in [3.05, 3.63) is 29.8 Å². The lowest BCUT2D eigenvalue weighted by atomic mass is 9.94. The Bertz CT molecular complexity index is 538. The van der Waals surface area contributed by atoms with Crippen LogP contribution in [0.5, 0.6) is 0 Å². The van der Waals surface area contributed by atoms with Gasteiger partial charge >= 0.3 is 0 Å². The number of ether oxygens (including phenoxy) is 1. The van der Waals surface area contributed by atoms with Gasteiger partial charge in [0.25, 0.3) is 0 Å². The van der Waals surface area contributed by atoms with Gasteiger partial charge in [0.15, 0.2) is 5.96 Å². The van der Waals surface area contributed by atoms with Crippen molar-refractivity contribution < 1.29 is 4.74 Å². The number of hydrogen-bond acceptors (Lipinski definition) is 3. The summed E-state index contributed by atoms with van der Waals surface area (Å²) >= 11 is 0. The molecular formula is C22H38N4O. The number of rotatable bonds is 10. The van der Waals surface area contributed by atoms with Crippen LogP contribution in [0.2, 0.25) is 0 Å². The maximum absolute atomic E-state index is 5.36. The molecule has 1 aliphatic carbocycles. The summed E-state index contributed by atoms with van der Waals surface area (Å²) in [6.45, 7) is 5.37. The highest BCUT2D eigenvalue weighted by Gasteiger charge is 2.18. The van der Waals surface area contributed by atoms with Crippen LogP contribution in [0.4, 0.5) is 5.69 Å². The molecule has 0 aromatic heterocycles. The van der Waals surface area contributed by atoms with E-state index < -0.39 is 0 Å². The van der Waals surface area contributed by atoms with Gasteiger partial charge in [-0.05, 0) is 50.3 Å². The maximum Gasteiger partial charge on any atom is 0.191 e. The zero-order valence-corrected chi connectivity index (χ0v) is 17.5. The number of anilines is 1. The van der Waals surface area contributed by atoms with E-state index in [-0.39, 0.29) is 0 Å². The minimum atomic E-state index is 0.702. The molecule has 2 rings (SSSR count). The van der Waals surface area contributed by atoms with E-state index in [1.807, 2.05) is 14.0 Å². The summed E-state index contributed by atoms with van der Waals surface area (Å²) in [6.07, 6.45) is 8.95. The predicted molar refractivity (Wildman–Crippen MR) is 116 cm³/mol. The molecule has 2 N–H and O–H groups in total. The minimum Gasteiger partial charge on any atom is -0.382 e. The smallest absolute Gasteiger partial charge is 0.191 e. The van der Waals surface area contributed by atoms with Gasteiger partial charge in [-0.25, -0.2) is 0 Å². The first-order valence-electron chi connectivity index (χ1n) is 10.6. The molecule has 152 valence electrons. The van der Waals surface area contributed by atoms with E-state index in [0.29, 0.717) is 6.04 Å². The van der Waals surface area contributed by atoms with Crippen LogP contribution in [-0.4, -0.2) is 45.9 Å². The first-order chi connectivity index (χ1) is 13.2. The van der Waals surface area contributed by atoms with Gasteiger partial charge < -0.3 is 20.3 Å². The van der Waals surface area contributed by atoms with Crippen LogP contribution in [0, 0.1) is 0 Å². The van der Waals surface area contributed by atoms with Crippen LogP contribution in [0.25, 0.3) is 0 Å². The van der Waals surface area contributed by atoms with Gasteiger partial charge in [0.2, 0.25) is 0 Å². The quantitative estimate of drug-likeness (QED) is 0.370. The van der Waals surface area contributed by atoms with E-state index in [1.165, 1.54) is 43.4 Å². The average molecular weight is 375 g/mol. The van der Waals surface area contributed by atoms with Crippen LogP contribution < -0.4 is 15.5 Å². The lowest BCUT2D eigenvalue weighted by molar-refractivity contribution is 0.143. The largest absolute Gasteiger partial charge is 0.382 e. The Kier molecular flexibility index (Phi) is 10.1. The van der Waals surface area contributed by atoms with Gasteiger partial charge in [-0.1, -0.05) is 31.4 Å². The molecule has 1 aliphatic rings. The molecule has 1 aromatic rings. The molecule has 5 heteroatoms.